The molecule has 14 heavy (non-hydrogen) atoms. The molecule has 1 aliphatic heterocycles. The van der Waals surface area contributed by atoms with E-state index < -0.39 is 0 Å². The van der Waals surface area contributed by atoms with E-state index in [2.05, 4.69) is 0 Å². The van der Waals surface area contributed by atoms with Crippen LogP contribution in [-0.2, 0) is 9.59 Å². The zero-order valence-corrected chi connectivity index (χ0v) is 8.24. The highest BCUT2D eigenvalue weighted by Gasteiger charge is 2.36. The maximum absolute atomic E-state index is 11.9. The summed E-state index contributed by atoms with van der Waals surface area (Å²) in [7, 11) is 0. The van der Waals surface area contributed by atoms with Crippen molar-refractivity contribution in [2.75, 3.05) is 6.54 Å². The van der Waals surface area contributed by atoms with E-state index in [9.17, 15) is 9.59 Å². The van der Waals surface area contributed by atoms with Crippen LogP contribution in [0.3, 0.4) is 0 Å². The highest BCUT2D eigenvalue weighted by Crippen LogP contribution is 2.27. The monoisotopic (exact) mass is 196 g/mol. The van der Waals surface area contributed by atoms with E-state index in [0.717, 1.165) is 25.7 Å². The lowest BCUT2D eigenvalue weighted by molar-refractivity contribution is -0.144. The summed E-state index contributed by atoms with van der Waals surface area (Å²) in [6.07, 6.45) is 4.45. The molecule has 2 rings (SSSR count). The van der Waals surface area contributed by atoms with Crippen molar-refractivity contribution >= 4 is 11.8 Å². The highest BCUT2D eigenvalue weighted by molar-refractivity contribution is 5.98. The third-order valence-electron chi connectivity index (χ3n) is 3.13. The first kappa shape index (κ1) is 9.65. The van der Waals surface area contributed by atoms with Crippen LogP contribution in [0.25, 0.3) is 0 Å². The molecule has 1 unspecified atom stereocenters. The molecule has 4 nitrogen and oxygen atoms in total. The molecule has 2 N–H and O–H groups in total. The van der Waals surface area contributed by atoms with E-state index in [1.165, 1.54) is 4.90 Å². The van der Waals surface area contributed by atoms with E-state index in [-0.39, 0.29) is 23.8 Å². The van der Waals surface area contributed by atoms with Gasteiger partial charge in [-0.25, -0.2) is 0 Å². The summed E-state index contributed by atoms with van der Waals surface area (Å²) in [6.45, 7) is 0.425. The Morgan fingerprint density at radius 3 is 2.50 bits per heavy atom. The molecule has 0 aromatic carbocycles. The topological polar surface area (TPSA) is 63.4 Å². The second-order valence-electron chi connectivity index (χ2n) is 4.29. The van der Waals surface area contributed by atoms with E-state index in [1.807, 2.05) is 0 Å². The zero-order chi connectivity index (χ0) is 10.1. The predicted molar refractivity (Wildman–Crippen MR) is 51.3 cm³/mol. The molecule has 0 bridgehead atoms. The summed E-state index contributed by atoms with van der Waals surface area (Å²) in [6, 6.07) is -0.146. The lowest BCUT2D eigenvalue weighted by Crippen LogP contribution is -2.37. The minimum atomic E-state index is -0.146. The number of likely N-dealkylation sites (tertiary alicyclic amines) is 1. The molecular formula is C10H16N2O2. The standard InChI is InChI=1S/C10H16N2O2/c11-8-5-9(13)12(6-8)10(14)7-3-1-2-4-7/h7-8H,1-6,11H2. The number of nitrogens with two attached hydrogens (primary N) is 1. The third kappa shape index (κ3) is 1.66. The average Bonchev–Trinajstić information content (AvgIpc) is 2.73. The summed E-state index contributed by atoms with van der Waals surface area (Å²) in [5, 5.41) is 0. The fraction of sp³-hybridized carbons (Fsp3) is 0.800. The van der Waals surface area contributed by atoms with Crippen molar-refractivity contribution in [3.63, 3.8) is 0 Å². The highest BCUT2D eigenvalue weighted by atomic mass is 16.2. The molecular weight excluding hydrogens is 180 g/mol. The normalized spacial score (nSPS) is 28.8. The van der Waals surface area contributed by atoms with Gasteiger partial charge in [-0.1, -0.05) is 12.8 Å². The van der Waals surface area contributed by atoms with Crippen molar-refractivity contribution in [2.45, 2.75) is 38.1 Å². The quantitative estimate of drug-likeness (QED) is 0.612. The van der Waals surface area contributed by atoms with E-state index in [1.54, 1.807) is 0 Å². The van der Waals surface area contributed by atoms with Crippen LogP contribution in [0.5, 0.6) is 0 Å². The number of amides is 2. The van der Waals surface area contributed by atoms with Gasteiger partial charge < -0.3 is 5.73 Å². The fourth-order valence-electron chi connectivity index (χ4n) is 2.34. The van der Waals surface area contributed by atoms with Gasteiger partial charge in [-0.3, -0.25) is 14.5 Å². The van der Waals surface area contributed by atoms with E-state index in [0.29, 0.717) is 13.0 Å². The largest absolute Gasteiger partial charge is 0.326 e. The zero-order valence-electron chi connectivity index (χ0n) is 8.24. The molecule has 4 heteroatoms. The van der Waals surface area contributed by atoms with Crippen molar-refractivity contribution in [1.82, 2.24) is 4.90 Å². The van der Waals surface area contributed by atoms with E-state index >= 15 is 0 Å². The number of hydrogen-bond acceptors (Lipinski definition) is 3. The van der Waals surface area contributed by atoms with Crippen LogP contribution in [0, 0.1) is 5.92 Å². The van der Waals surface area contributed by atoms with Gasteiger partial charge in [-0.15, -0.1) is 0 Å². The Balaban J connectivity index is 2.00. The van der Waals surface area contributed by atoms with Crippen LogP contribution in [-0.4, -0.2) is 29.3 Å². The molecule has 1 heterocycles. The van der Waals surface area contributed by atoms with Gasteiger partial charge in [0.25, 0.3) is 0 Å². The molecule has 0 aromatic rings. The number of imide groups is 1. The maximum Gasteiger partial charge on any atom is 0.232 e. The van der Waals surface area contributed by atoms with Gasteiger partial charge in [0.2, 0.25) is 11.8 Å². The molecule has 2 amide bonds. The van der Waals surface area contributed by atoms with Crippen molar-refractivity contribution in [3.05, 3.63) is 0 Å². The molecule has 0 spiro atoms. The minimum absolute atomic E-state index is 0.0143. The summed E-state index contributed by atoms with van der Waals surface area (Å²) < 4.78 is 0. The first-order valence-electron chi connectivity index (χ1n) is 5.28. The molecule has 2 fully saturated rings. The van der Waals surface area contributed by atoms with Gasteiger partial charge in [0.1, 0.15) is 0 Å². The van der Waals surface area contributed by atoms with Crippen LogP contribution >= 0.6 is 0 Å². The molecule has 2 aliphatic rings. The number of carbonyl (C=O) groups is 2. The Morgan fingerprint density at radius 2 is 2.00 bits per heavy atom. The van der Waals surface area contributed by atoms with Crippen molar-refractivity contribution in [2.24, 2.45) is 11.7 Å². The average molecular weight is 196 g/mol. The van der Waals surface area contributed by atoms with Crippen molar-refractivity contribution < 1.29 is 9.59 Å². The van der Waals surface area contributed by atoms with Gasteiger partial charge in [-0.05, 0) is 12.8 Å². The third-order valence-corrected chi connectivity index (χ3v) is 3.13. The minimum Gasteiger partial charge on any atom is -0.326 e. The first-order valence-corrected chi connectivity index (χ1v) is 5.28. The van der Waals surface area contributed by atoms with Crippen molar-refractivity contribution in [1.29, 1.82) is 0 Å². The Kier molecular flexibility index (Phi) is 2.54. The SMILES string of the molecule is NC1CC(=O)N(C(=O)C2CCCC2)C1. The van der Waals surface area contributed by atoms with Gasteiger partial charge in [0.15, 0.2) is 0 Å². The van der Waals surface area contributed by atoms with Crippen LogP contribution in [0.15, 0.2) is 0 Å². The Morgan fingerprint density at radius 1 is 1.36 bits per heavy atom. The second-order valence-corrected chi connectivity index (χ2v) is 4.29. The molecule has 1 saturated heterocycles. The summed E-state index contributed by atoms with van der Waals surface area (Å²) >= 11 is 0. The van der Waals surface area contributed by atoms with Crippen LogP contribution in [0.1, 0.15) is 32.1 Å². The first-order chi connectivity index (χ1) is 6.68. The predicted octanol–water partition coefficient (Wildman–Crippen LogP) is 0.263. The molecule has 0 radical (unpaired) electrons. The van der Waals surface area contributed by atoms with Gasteiger partial charge in [-0.2, -0.15) is 0 Å². The van der Waals surface area contributed by atoms with Gasteiger partial charge >= 0.3 is 0 Å². The van der Waals surface area contributed by atoms with Crippen LogP contribution < -0.4 is 5.73 Å². The lowest BCUT2D eigenvalue weighted by atomic mass is 10.1. The van der Waals surface area contributed by atoms with Crippen LogP contribution in [0.2, 0.25) is 0 Å². The number of nitrogens with zero attached hydrogens (tertiary/aromatic N) is 1. The molecule has 0 aromatic heterocycles. The number of rotatable bonds is 1. The Hall–Kier alpha value is -0.900. The van der Waals surface area contributed by atoms with Crippen LogP contribution in [0.4, 0.5) is 0 Å². The maximum atomic E-state index is 11.9. The second kappa shape index (κ2) is 3.69. The summed E-state index contributed by atoms with van der Waals surface area (Å²) in [5.41, 5.74) is 5.64. The lowest BCUT2D eigenvalue weighted by Gasteiger charge is -2.18. The fourth-order valence-corrected chi connectivity index (χ4v) is 2.34. The summed E-state index contributed by atoms with van der Waals surface area (Å²) in [4.78, 5) is 24.6. The smallest absolute Gasteiger partial charge is 0.232 e. The number of carbonyl (C=O) groups excluding carboxylic acids is 2. The number of hydrogen-bond donors (Lipinski definition) is 1. The van der Waals surface area contributed by atoms with Gasteiger partial charge in [0.05, 0.1) is 0 Å². The molecule has 1 atom stereocenters. The Bertz CT molecular complexity index is 259. The molecule has 78 valence electrons. The summed E-state index contributed by atoms with van der Waals surface area (Å²) in [5.74, 6) is 0.0131. The van der Waals surface area contributed by atoms with E-state index in [4.69, 9.17) is 5.73 Å². The Labute approximate surface area is 83.4 Å². The molecule has 1 aliphatic carbocycles. The van der Waals surface area contributed by atoms with Gasteiger partial charge in [0, 0.05) is 24.9 Å². The molecule has 1 saturated carbocycles. The van der Waals surface area contributed by atoms with Crippen molar-refractivity contribution in [3.8, 4) is 0 Å².